The van der Waals surface area contributed by atoms with Crippen molar-refractivity contribution in [3.8, 4) is 22.8 Å². The molecule has 4 aromatic rings. The number of anilines is 2. The molecule has 0 saturated carbocycles. The molecule has 9 heteroatoms. The highest BCUT2D eigenvalue weighted by molar-refractivity contribution is 6.05. The lowest BCUT2D eigenvalue weighted by molar-refractivity contribution is 0.0526. The number of rotatable bonds is 8. The number of hydrogen-bond donors (Lipinski definition) is 2. The van der Waals surface area contributed by atoms with Crippen LogP contribution in [-0.4, -0.2) is 49.7 Å². The number of carbonyl (C=O) groups is 2. The van der Waals surface area contributed by atoms with E-state index in [0.717, 1.165) is 10.9 Å². The Kier molecular flexibility index (Phi) is 7.29. The summed E-state index contributed by atoms with van der Waals surface area (Å²) in [5, 5.41) is 6.66. The first-order chi connectivity index (χ1) is 17.5. The number of carbonyl (C=O) groups excluding carboxylic acids is 2. The predicted octanol–water partition coefficient (Wildman–Crippen LogP) is 4.78. The fourth-order valence-corrected chi connectivity index (χ4v) is 3.71. The molecule has 0 unspecified atom stereocenters. The van der Waals surface area contributed by atoms with Crippen LogP contribution < -0.4 is 20.1 Å². The maximum absolute atomic E-state index is 12.8. The van der Waals surface area contributed by atoms with E-state index in [-0.39, 0.29) is 12.5 Å². The Balaban J connectivity index is 1.66. The molecule has 184 valence electrons. The van der Waals surface area contributed by atoms with Crippen LogP contribution in [-0.2, 0) is 4.74 Å². The average Bonchev–Trinajstić information content (AvgIpc) is 2.91. The molecule has 0 saturated heterocycles. The number of fused-ring (bicyclic) bond motifs is 1. The van der Waals surface area contributed by atoms with E-state index >= 15 is 0 Å². The zero-order chi connectivity index (χ0) is 25.7. The molecule has 1 aromatic heterocycles. The first kappa shape index (κ1) is 24.5. The maximum Gasteiger partial charge on any atom is 0.338 e. The minimum absolute atomic E-state index is 0.287. The third-order valence-electron chi connectivity index (χ3n) is 5.48. The van der Waals surface area contributed by atoms with Gasteiger partial charge in [0.2, 0.25) is 5.95 Å². The molecule has 0 spiro atoms. The fourth-order valence-electron chi connectivity index (χ4n) is 3.71. The van der Waals surface area contributed by atoms with Gasteiger partial charge in [-0.1, -0.05) is 12.1 Å². The molecule has 0 aliphatic rings. The van der Waals surface area contributed by atoms with Crippen molar-refractivity contribution in [3.05, 3.63) is 71.8 Å². The number of nitrogens with zero attached hydrogens (tertiary/aromatic N) is 2. The van der Waals surface area contributed by atoms with Crippen molar-refractivity contribution in [1.29, 1.82) is 0 Å². The number of nitrogens with one attached hydrogen (secondary N) is 2. The van der Waals surface area contributed by atoms with Crippen molar-refractivity contribution in [2.75, 3.05) is 38.5 Å². The van der Waals surface area contributed by atoms with Crippen LogP contribution in [0.1, 0.15) is 27.6 Å². The molecule has 0 fully saturated rings. The van der Waals surface area contributed by atoms with Crippen LogP contribution in [0.4, 0.5) is 11.6 Å². The molecule has 4 rings (SSSR count). The van der Waals surface area contributed by atoms with Crippen LogP contribution >= 0.6 is 0 Å². The van der Waals surface area contributed by atoms with Crippen LogP contribution in [0.25, 0.3) is 22.2 Å². The average molecular weight is 487 g/mol. The Morgan fingerprint density at radius 3 is 2.25 bits per heavy atom. The third-order valence-corrected chi connectivity index (χ3v) is 5.48. The molecule has 2 N–H and O–H groups in total. The van der Waals surface area contributed by atoms with Crippen molar-refractivity contribution in [3.63, 3.8) is 0 Å². The van der Waals surface area contributed by atoms with Gasteiger partial charge in [-0.3, -0.25) is 4.79 Å². The van der Waals surface area contributed by atoms with Gasteiger partial charge in [0.25, 0.3) is 5.91 Å². The smallest absolute Gasteiger partial charge is 0.338 e. The first-order valence-corrected chi connectivity index (χ1v) is 11.3. The minimum atomic E-state index is -0.426. The molecule has 1 heterocycles. The molecule has 36 heavy (non-hydrogen) atoms. The van der Waals surface area contributed by atoms with Crippen LogP contribution in [0, 0.1) is 0 Å². The normalized spacial score (nSPS) is 10.6. The van der Waals surface area contributed by atoms with E-state index in [1.807, 2.05) is 24.3 Å². The summed E-state index contributed by atoms with van der Waals surface area (Å²) in [6.45, 7) is 2.03. The molecule has 0 atom stereocenters. The SMILES string of the molecule is CCOC(=O)c1ccc(C(=O)Nc2cccc(-c3nc(NC)nc4cc(OC)c(OC)cc34)c2)cc1. The molecule has 0 aliphatic heterocycles. The van der Waals surface area contributed by atoms with E-state index in [1.54, 1.807) is 64.6 Å². The summed E-state index contributed by atoms with van der Waals surface area (Å²) in [6, 6.07) is 17.3. The zero-order valence-electron chi connectivity index (χ0n) is 20.4. The van der Waals surface area contributed by atoms with Gasteiger partial charge in [-0.2, -0.15) is 0 Å². The quantitative estimate of drug-likeness (QED) is 0.342. The van der Waals surface area contributed by atoms with Gasteiger partial charge in [0.05, 0.1) is 37.6 Å². The number of amides is 1. The van der Waals surface area contributed by atoms with E-state index < -0.39 is 5.97 Å². The topological polar surface area (TPSA) is 112 Å². The second-order valence-corrected chi connectivity index (χ2v) is 7.70. The van der Waals surface area contributed by atoms with E-state index in [0.29, 0.717) is 45.5 Å². The molecule has 1 amide bonds. The Morgan fingerprint density at radius 2 is 1.58 bits per heavy atom. The highest BCUT2D eigenvalue weighted by atomic mass is 16.5. The fraction of sp³-hybridized carbons (Fsp3) is 0.185. The third kappa shape index (κ3) is 5.05. The van der Waals surface area contributed by atoms with Crippen LogP contribution in [0.2, 0.25) is 0 Å². The molecular formula is C27H26N4O5. The summed E-state index contributed by atoms with van der Waals surface area (Å²) in [4.78, 5) is 33.9. The molecule has 9 nitrogen and oxygen atoms in total. The molecule has 0 aliphatic carbocycles. The lowest BCUT2D eigenvalue weighted by Gasteiger charge is -2.13. The first-order valence-electron chi connectivity index (χ1n) is 11.3. The van der Waals surface area contributed by atoms with Gasteiger partial charge in [-0.15, -0.1) is 0 Å². The van der Waals surface area contributed by atoms with Gasteiger partial charge < -0.3 is 24.8 Å². The van der Waals surface area contributed by atoms with Gasteiger partial charge in [-0.05, 0) is 49.4 Å². The summed E-state index contributed by atoms with van der Waals surface area (Å²) < 4.78 is 15.9. The standard InChI is InChI=1S/C27H26N4O5/c1-5-36-26(33)17-11-9-16(10-12-17)25(32)29-19-8-6-7-18(13-19)24-20-14-22(34-3)23(35-4)15-21(20)30-27(28-2)31-24/h6-15H,5H2,1-4H3,(H,29,32)(H,28,30,31). The van der Waals surface area contributed by atoms with Gasteiger partial charge in [0.15, 0.2) is 11.5 Å². The van der Waals surface area contributed by atoms with Crippen molar-refractivity contribution in [2.45, 2.75) is 6.92 Å². The molecule has 0 radical (unpaired) electrons. The highest BCUT2D eigenvalue weighted by Crippen LogP contribution is 2.36. The lowest BCUT2D eigenvalue weighted by atomic mass is 10.0. The van der Waals surface area contributed by atoms with Crippen molar-refractivity contribution < 1.29 is 23.8 Å². The van der Waals surface area contributed by atoms with Crippen molar-refractivity contribution >= 4 is 34.4 Å². The monoisotopic (exact) mass is 486 g/mol. The van der Waals surface area contributed by atoms with E-state index in [1.165, 1.54) is 0 Å². The second kappa shape index (κ2) is 10.7. The predicted molar refractivity (Wildman–Crippen MR) is 138 cm³/mol. The van der Waals surface area contributed by atoms with E-state index in [4.69, 9.17) is 14.2 Å². The number of benzene rings is 3. The number of aromatic nitrogens is 2. The number of methoxy groups -OCH3 is 2. The minimum Gasteiger partial charge on any atom is -0.493 e. The van der Waals surface area contributed by atoms with Crippen LogP contribution in [0.5, 0.6) is 11.5 Å². The van der Waals surface area contributed by atoms with Gasteiger partial charge >= 0.3 is 5.97 Å². The summed E-state index contributed by atoms with van der Waals surface area (Å²) in [5.74, 6) is 0.831. The Morgan fingerprint density at radius 1 is 0.889 bits per heavy atom. The van der Waals surface area contributed by atoms with Crippen molar-refractivity contribution in [1.82, 2.24) is 9.97 Å². The summed E-state index contributed by atoms with van der Waals surface area (Å²) in [6.07, 6.45) is 0. The largest absolute Gasteiger partial charge is 0.493 e. The van der Waals surface area contributed by atoms with Gasteiger partial charge in [-0.25, -0.2) is 14.8 Å². The summed E-state index contributed by atoms with van der Waals surface area (Å²) in [5.41, 5.74) is 3.51. The zero-order valence-corrected chi connectivity index (χ0v) is 20.4. The van der Waals surface area contributed by atoms with Crippen LogP contribution in [0.15, 0.2) is 60.7 Å². The highest BCUT2D eigenvalue weighted by Gasteiger charge is 2.16. The molecular weight excluding hydrogens is 460 g/mol. The van der Waals surface area contributed by atoms with Crippen LogP contribution in [0.3, 0.4) is 0 Å². The van der Waals surface area contributed by atoms with E-state index in [9.17, 15) is 9.59 Å². The summed E-state index contributed by atoms with van der Waals surface area (Å²) >= 11 is 0. The molecule has 3 aromatic carbocycles. The number of hydrogen-bond acceptors (Lipinski definition) is 8. The maximum atomic E-state index is 12.8. The van der Waals surface area contributed by atoms with Gasteiger partial charge in [0, 0.05) is 35.3 Å². The number of esters is 1. The summed E-state index contributed by atoms with van der Waals surface area (Å²) in [7, 11) is 4.89. The number of ether oxygens (including phenoxy) is 3. The Hall–Kier alpha value is -4.66. The molecule has 0 bridgehead atoms. The Bertz CT molecular complexity index is 1420. The lowest BCUT2D eigenvalue weighted by Crippen LogP contribution is -2.12. The second-order valence-electron chi connectivity index (χ2n) is 7.70. The van der Waals surface area contributed by atoms with Gasteiger partial charge in [0.1, 0.15) is 0 Å². The van der Waals surface area contributed by atoms with Crippen molar-refractivity contribution in [2.24, 2.45) is 0 Å². The van der Waals surface area contributed by atoms with E-state index in [2.05, 4.69) is 20.6 Å². The Labute approximate surface area is 208 Å².